The lowest BCUT2D eigenvalue weighted by Crippen LogP contribution is -2.43. The fourth-order valence-electron chi connectivity index (χ4n) is 3.37. The molecule has 6 atom stereocenters. The van der Waals surface area contributed by atoms with Gasteiger partial charge in [-0.25, -0.2) is 13.8 Å². The van der Waals surface area contributed by atoms with Crippen LogP contribution in [0.25, 0.3) is 0 Å². The van der Waals surface area contributed by atoms with Gasteiger partial charge in [0, 0.05) is 12.3 Å². The van der Waals surface area contributed by atoms with E-state index in [0.29, 0.717) is 0 Å². The average Bonchev–Trinajstić information content (AvgIpc) is 3.05. The zero-order valence-electron chi connectivity index (χ0n) is 19.3. The third kappa shape index (κ3) is 6.29. The molecular formula is C22H25FN3O9P. The number of ether oxygens (including phenoxy) is 2. The Morgan fingerprint density at radius 1 is 1.39 bits per heavy atom. The van der Waals surface area contributed by atoms with Crippen molar-refractivity contribution in [1.29, 1.82) is 0 Å². The van der Waals surface area contributed by atoms with Crippen LogP contribution >= 0.6 is 7.75 Å². The van der Waals surface area contributed by atoms with Crippen LogP contribution in [0, 0.1) is 12.3 Å². The first-order valence-electron chi connectivity index (χ1n) is 10.7. The molecule has 0 aliphatic carbocycles. The van der Waals surface area contributed by atoms with E-state index in [0.717, 1.165) is 23.8 Å². The number of terminal acetylenes is 1. The van der Waals surface area contributed by atoms with Crippen LogP contribution in [0.2, 0.25) is 0 Å². The van der Waals surface area contributed by atoms with Crippen LogP contribution < -0.4 is 20.9 Å². The Hall–Kier alpha value is -3.27. The summed E-state index contributed by atoms with van der Waals surface area (Å²) in [6.07, 6.45) is 1.21. The quantitative estimate of drug-likeness (QED) is 0.231. The van der Waals surface area contributed by atoms with Gasteiger partial charge in [0.25, 0.3) is 5.56 Å². The monoisotopic (exact) mass is 525 g/mol. The molecule has 0 saturated carbocycles. The van der Waals surface area contributed by atoms with Crippen molar-refractivity contribution in [1.82, 2.24) is 14.6 Å². The minimum Gasteiger partial charge on any atom is -0.451 e. The van der Waals surface area contributed by atoms with E-state index in [1.165, 1.54) is 19.1 Å². The Labute approximate surface area is 204 Å². The predicted octanol–water partition coefficient (Wildman–Crippen LogP) is 0.881. The molecule has 0 spiro atoms. The summed E-state index contributed by atoms with van der Waals surface area (Å²) in [6, 6.07) is 7.67. The van der Waals surface area contributed by atoms with Crippen LogP contribution in [-0.4, -0.2) is 57.8 Å². The number of aromatic amines is 1. The SMILES string of the molecule is C#CCOC(=O)[C@H](C)N[P@](=O)(OC[C@H]1O[C@@H](n2ccc(=O)[nH]c2=O)[C@](C)(F)[C@@H]1O)Oc1ccccc1. The summed E-state index contributed by atoms with van der Waals surface area (Å²) in [4.78, 5) is 37.5. The van der Waals surface area contributed by atoms with E-state index in [9.17, 15) is 24.1 Å². The number of aromatic nitrogens is 2. The van der Waals surface area contributed by atoms with Crippen molar-refractivity contribution in [2.24, 2.45) is 0 Å². The molecule has 194 valence electrons. The molecule has 2 aromatic rings. The van der Waals surface area contributed by atoms with Crippen molar-refractivity contribution in [2.45, 2.75) is 44.0 Å². The minimum atomic E-state index is -4.34. The minimum absolute atomic E-state index is 0.124. The van der Waals surface area contributed by atoms with E-state index in [1.54, 1.807) is 18.2 Å². The fourth-order valence-corrected chi connectivity index (χ4v) is 4.87. The molecule has 12 nitrogen and oxygen atoms in total. The number of para-hydroxylation sites is 1. The number of benzene rings is 1. The molecule has 3 rings (SSSR count). The highest BCUT2D eigenvalue weighted by Gasteiger charge is 2.55. The van der Waals surface area contributed by atoms with E-state index in [4.69, 9.17) is 24.9 Å². The van der Waals surface area contributed by atoms with Gasteiger partial charge in [-0.05, 0) is 26.0 Å². The molecule has 1 aromatic carbocycles. The van der Waals surface area contributed by atoms with Crippen molar-refractivity contribution in [3.05, 3.63) is 63.4 Å². The molecule has 1 aliphatic heterocycles. The lowest BCUT2D eigenvalue weighted by molar-refractivity contribution is -0.143. The highest BCUT2D eigenvalue weighted by atomic mass is 31.2. The lowest BCUT2D eigenvalue weighted by Gasteiger charge is -2.25. The number of rotatable bonds is 10. The van der Waals surface area contributed by atoms with E-state index < -0.39 is 61.7 Å². The van der Waals surface area contributed by atoms with Gasteiger partial charge in [-0.3, -0.25) is 23.7 Å². The number of aliphatic hydroxyl groups is 1. The molecule has 3 N–H and O–H groups in total. The predicted molar refractivity (Wildman–Crippen MR) is 124 cm³/mol. The second kappa shape index (κ2) is 11.2. The molecule has 1 aliphatic rings. The summed E-state index contributed by atoms with van der Waals surface area (Å²) in [5.74, 6) is 1.42. The van der Waals surface area contributed by atoms with Crippen LogP contribution in [0.1, 0.15) is 20.1 Å². The normalized spacial score (nSPS) is 25.9. The highest BCUT2D eigenvalue weighted by molar-refractivity contribution is 7.52. The van der Waals surface area contributed by atoms with Gasteiger partial charge in [0.15, 0.2) is 18.5 Å². The first-order valence-corrected chi connectivity index (χ1v) is 12.2. The second-order valence-electron chi connectivity index (χ2n) is 8.00. The summed E-state index contributed by atoms with van der Waals surface area (Å²) in [5, 5.41) is 12.9. The standard InChI is InChI=1S/C22H25FN3O9P/c1-4-12-32-19(29)14(2)25-36(31,35-15-8-6-5-7-9-15)33-13-16-18(28)22(3,23)20(34-16)26-11-10-17(27)24-21(26)30/h1,5-11,14,16,18,20,28H,12-13H2,2-3H3,(H,25,31)(H,24,27,30)/t14-,16+,18+,20+,22+,36-/m0/s1. The molecule has 1 saturated heterocycles. The van der Waals surface area contributed by atoms with Crippen LogP contribution in [-0.2, 0) is 23.4 Å². The zero-order valence-corrected chi connectivity index (χ0v) is 20.2. The van der Waals surface area contributed by atoms with Gasteiger partial charge in [-0.15, -0.1) is 6.42 Å². The van der Waals surface area contributed by atoms with Crippen molar-refractivity contribution in [2.75, 3.05) is 13.2 Å². The topological polar surface area (TPSA) is 158 Å². The average molecular weight is 525 g/mol. The smallest absolute Gasteiger partial charge is 0.451 e. The van der Waals surface area contributed by atoms with Gasteiger partial charge < -0.3 is 19.1 Å². The molecule has 1 aromatic heterocycles. The van der Waals surface area contributed by atoms with E-state index in [1.807, 2.05) is 4.98 Å². The first kappa shape index (κ1) is 27.3. The number of carbonyl (C=O) groups excluding carboxylic acids is 1. The maximum Gasteiger partial charge on any atom is 0.459 e. The maximum absolute atomic E-state index is 15.4. The largest absolute Gasteiger partial charge is 0.459 e. The van der Waals surface area contributed by atoms with E-state index in [-0.39, 0.29) is 12.4 Å². The van der Waals surface area contributed by atoms with Crippen LogP contribution in [0.5, 0.6) is 5.75 Å². The molecule has 0 bridgehead atoms. The molecule has 14 heteroatoms. The van der Waals surface area contributed by atoms with Crippen molar-refractivity contribution >= 4 is 13.7 Å². The summed E-state index contributed by atoms with van der Waals surface area (Å²) in [7, 11) is -4.34. The zero-order chi connectivity index (χ0) is 26.5. The van der Waals surface area contributed by atoms with E-state index in [2.05, 4.69) is 11.0 Å². The number of hydrogen-bond donors (Lipinski definition) is 3. The number of esters is 1. The number of aliphatic hydroxyl groups excluding tert-OH is 1. The van der Waals surface area contributed by atoms with Gasteiger partial charge in [0.05, 0.1) is 6.61 Å². The van der Waals surface area contributed by atoms with Crippen molar-refractivity contribution in [3.8, 4) is 18.1 Å². The molecule has 0 unspecified atom stereocenters. The number of nitrogens with one attached hydrogen (secondary N) is 2. The number of carbonyl (C=O) groups is 1. The summed E-state index contributed by atoms with van der Waals surface area (Å²) in [5.41, 5.74) is -4.15. The highest BCUT2D eigenvalue weighted by Crippen LogP contribution is 2.47. The summed E-state index contributed by atoms with van der Waals surface area (Å²) in [6.45, 7) is 1.36. The maximum atomic E-state index is 15.4. The fraction of sp³-hybridized carbons (Fsp3) is 0.409. The Morgan fingerprint density at radius 2 is 2.08 bits per heavy atom. The van der Waals surface area contributed by atoms with Crippen LogP contribution in [0.3, 0.4) is 0 Å². The summed E-state index contributed by atoms with van der Waals surface area (Å²) < 4.78 is 50.9. The van der Waals surface area contributed by atoms with Gasteiger partial charge in [0.1, 0.15) is 24.0 Å². The van der Waals surface area contributed by atoms with Crippen molar-refractivity contribution in [3.63, 3.8) is 0 Å². The Morgan fingerprint density at radius 3 is 2.72 bits per heavy atom. The number of nitrogens with zero attached hydrogens (tertiary/aromatic N) is 1. The number of alkyl halides is 1. The third-order valence-corrected chi connectivity index (χ3v) is 6.85. The lowest BCUT2D eigenvalue weighted by atomic mass is 9.98. The van der Waals surface area contributed by atoms with Crippen molar-refractivity contribution < 1.29 is 37.4 Å². The van der Waals surface area contributed by atoms with Gasteiger partial charge in [-0.2, -0.15) is 5.09 Å². The van der Waals surface area contributed by atoms with Crippen LogP contribution in [0.15, 0.2) is 52.2 Å². The summed E-state index contributed by atoms with van der Waals surface area (Å²) >= 11 is 0. The van der Waals surface area contributed by atoms with Crippen LogP contribution in [0.4, 0.5) is 4.39 Å². The Bertz CT molecular complexity index is 1270. The molecular weight excluding hydrogens is 500 g/mol. The molecule has 0 amide bonds. The van der Waals surface area contributed by atoms with E-state index >= 15 is 4.39 Å². The Balaban J connectivity index is 1.79. The molecule has 0 radical (unpaired) electrons. The Kier molecular flexibility index (Phi) is 8.50. The number of halogens is 1. The number of hydrogen-bond acceptors (Lipinski definition) is 9. The second-order valence-corrected chi connectivity index (χ2v) is 9.69. The molecule has 2 heterocycles. The first-order chi connectivity index (χ1) is 17.0. The molecule has 36 heavy (non-hydrogen) atoms. The van der Waals surface area contributed by atoms with Gasteiger partial charge in [0.2, 0.25) is 0 Å². The van der Waals surface area contributed by atoms with Gasteiger partial charge >= 0.3 is 19.4 Å². The third-order valence-electron chi connectivity index (χ3n) is 5.20. The molecule has 1 fully saturated rings. The number of H-pyrrole nitrogens is 1. The van der Waals surface area contributed by atoms with Gasteiger partial charge in [-0.1, -0.05) is 24.1 Å².